The zero-order valence-corrected chi connectivity index (χ0v) is 22.4. The fraction of sp³-hybridized carbons (Fsp3) is 0.292. The van der Waals surface area contributed by atoms with Crippen LogP contribution < -0.4 is 18.9 Å². The van der Waals surface area contributed by atoms with Gasteiger partial charge in [0.1, 0.15) is 28.8 Å². The van der Waals surface area contributed by atoms with Crippen molar-refractivity contribution in [1.82, 2.24) is 19.7 Å². The smallest absolute Gasteiger partial charge is 0.243 e. The Morgan fingerprint density at radius 2 is 1.87 bits per heavy atom. The van der Waals surface area contributed by atoms with E-state index in [0.717, 1.165) is 6.20 Å². The highest BCUT2D eigenvalue weighted by atomic mass is 32.2. The lowest BCUT2D eigenvalue weighted by molar-refractivity contribution is 0.391. The summed E-state index contributed by atoms with van der Waals surface area (Å²) in [4.78, 5) is 11.7. The maximum absolute atomic E-state index is 13.3. The van der Waals surface area contributed by atoms with Crippen molar-refractivity contribution in [3.05, 3.63) is 48.6 Å². The second kappa shape index (κ2) is 12.3. The molecule has 0 aliphatic carbocycles. The first-order valence-corrected chi connectivity index (χ1v) is 12.7. The maximum Gasteiger partial charge on any atom is 0.243 e. The lowest BCUT2D eigenvalue weighted by atomic mass is 10.2. The van der Waals surface area contributed by atoms with Crippen molar-refractivity contribution >= 4 is 28.5 Å². The molecule has 1 atom stereocenters. The summed E-state index contributed by atoms with van der Waals surface area (Å²) in [7, 11) is 0.335. The number of nitrogens with zero attached hydrogens (tertiary/aromatic N) is 6. The van der Waals surface area contributed by atoms with E-state index in [-0.39, 0.29) is 24.0 Å². The third-order valence-electron chi connectivity index (χ3n) is 5.30. The number of ether oxygens (including phenoxy) is 3. The minimum Gasteiger partial charge on any atom is -0.494 e. The average molecular weight is 546 g/mol. The molecule has 202 valence electrons. The van der Waals surface area contributed by atoms with E-state index in [4.69, 9.17) is 14.2 Å². The number of hydrogen-bond donors (Lipinski definition) is 1. The molecule has 0 aliphatic rings. The molecule has 12 nitrogen and oxygen atoms in total. The largest absolute Gasteiger partial charge is 0.494 e. The number of rotatable bonds is 11. The normalized spacial score (nSPS) is 13.1. The number of hydrogen-bond acceptors (Lipinski definition) is 9. The molecule has 3 rings (SSSR count). The minimum atomic E-state index is -4.08. The molecule has 2 aromatic heterocycles. The second-order valence-electron chi connectivity index (χ2n) is 7.86. The summed E-state index contributed by atoms with van der Waals surface area (Å²) in [5, 5.41) is 7.33. The van der Waals surface area contributed by atoms with Crippen LogP contribution in [0.4, 0.5) is 10.3 Å². The Balaban J connectivity index is 2.15. The summed E-state index contributed by atoms with van der Waals surface area (Å²) in [6.07, 6.45) is 2.33. The number of benzene rings is 1. The van der Waals surface area contributed by atoms with Crippen LogP contribution in [0.25, 0.3) is 17.1 Å². The molecular formula is C24H28FN7O5S. The fourth-order valence-electron chi connectivity index (χ4n) is 3.38. The highest BCUT2D eigenvalue weighted by Gasteiger charge is 2.28. The van der Waals surface area contributed by atoms with Crippen LogP contribution in [0.15, 0.2) is 58.5 Å². The van der Waals surface area contributed by atoms with Gasteiger partial charge in [-0.25, -0.2) is 27.8 Å². The SMILES string of the molecule is C=N/C(C[C@@H](C)S(=O)(=O)Nc1nnc(-c2ccnc(OC)c2)n1-c1c(OC)cccc1OC)=N\C=C(/C)F. The second-order valence-corrected chi connectivity index (χ2v) is 9.96. The van der Waals surface area contributed by atoms with E-state index in [1.54, 1.807) is 30.3 Å². The number of aliphatic imine (C=N–C) groups is 2. The Hall–Kier alpha value is -4.33. The lowest BCUT2D eigenvalue weighted by Gasteiger charge is -2.19. The van der Waals surface area contributed by atoms with Crippen molar-refractivity contribution in [2.45, 2.75) is 25.5 Å². The summed E-state index contributed by atoms with van der Waals surface area (Å²) in [5.74, 6) is 0.696. The number of amidine groups is 1. The zero-order chi connectivity index (χ0) is 27.9. The van der Waals surface area contributed by atoms with Crippen LogP contribution in [0.1, 0.15) is 20.3 Å². The van der Waals surface area contributed by atoms with Crippen molar-refractivity contribution in [3.8, 4) is 34.5 Å². The molecule has 38 heavy (non-hydrogen) atoms. The van der Waals surface area contributed by atoms with Gasteiger partial charge in [0, 0.05) is 24.2 Å². The molecular weight excluding hydrogens is 517 g/mol. The molecule has 0 aliphatic heterocycles. The predicted octanol–water partition coefficient (Wildman–Crippen LogP) is 3.81. The van der Waals surface area contributed by atoms with Gasteiger partial charge in [-0.15, -0.1) is 10.2 Å². The Labute approximate surface area is 220 Å². The van der Waals surface area contributed by atoms with Crippen LogP contribution in [-0.2, 0) is 10.0 Å². The zero-order valence-electron chi connectivity index (χ0n) is 21.5. The number of para-hydroxylation sites is 1. The van der Waals surface area contributed by atoms with E-state index in [0.29, 0.717) is 28.6 Å². The molecule has 0 unspecified atom stereocenters. The van der Waals surface area contributed by atoms with Crippen LogP contribution in [0.2, 0.25) is 0 Å². The van der Waals surface area contributed by atoms with Crippen molar-refractivity contribution in [1.29, 1.82) is 0 Å². The van der Waals surface area contributed by atoms with Gasteiger partial charge < -0.3 is 14.2 Å². The highest BCUT2D eigenvalue weighted by Crippen LogP contribution is 2.38. The van der Waals surface area contributed by atoms with Gasteiger partial charge in [0.25, 0.3) is 0 Å². The molecule has 0 radical (unpaired) electrons. The number of pyridine rings is 1. The van der Waals surface area contributed by atoms with E-state index in [1.807, 2.05) is 0 Å². The number of nitrogens with one attached hydrogen (secondary N) is 1. The topological polar surface area (TPSA) is 142 Å². The standard InChI is InChI=1S/C24H28FN7O5S/c1-15(25)14-28-20(26-3)12-16(2)38(33,34)31-24-30-29-23(17-10-11-27-21(13-17)37-6)32(24)22-18(35-4)8-7-9-19(22)36-5/h7-11,13-14,16H,3,12H2,1-2,4-6H3,(H,30,31)/b15-14+,28-20-/t16-/m1/s1. The molecule has 0 bridgehead atoms. The molecule has 0 saturated carbocycles. The molecule has 0 fully saturated rings. The highest BCUT2D eigenvalue weighted by molar-refractivity contribution is 7.93. The quantitative estimate of drug-likeness (QED) is 0.283. The van der Waals surface area contributed by atoms with Crippen molar-refractivity contribution < 1.29 is 27.0 Å². The fourth-order valence-corrected chi connectivity index (χ4v) is 4.33. The van der Waals surface area contributed by atoms with Crippen LogP contribution in [-0.4, -0.2) is 67.3 Å². The molecule has 14 heteroatoms. The number of aromatic nitrogens is 4. The van der Waals surface area contributed by atoms with E-state index < -0.39 is 21.1 Å². The van der Waals surface area contributed by atoms with Crippen molar-refractivity contribution in [2.24, 2.45) is 9.98 Å². The van der Waals surface area contributed by atoms with Gasteiger partial charge in [0.05, 0.1) is 32.8 Å². The maximum atomic E-state index is 13.3. The summed E-state index contributed by atoms with van der Waals surface area (Å²) in [6, 6.07) is 8.40. The van der Waals surface area contributed by atoms with E-state index in [1.165, 1.54) is 45.9 Å². The summed E-state index contributed by atoms with van der Waals surface area (Å²) >= 11 is 0. The van der Waals surface area contributed by atoms with Gasteiger partial charge in [-0.2, -0.15) is 0 Å². The van der Waals surface area contributed by atoms with E-state index in [2.05, 4.69) is 36.6 Å². The van der Waals surface area contributed by atoms with Crippen LogP contribution in [0.5, 0.6) is 17.4 Å². The first-order valence-electron chi connectivity index (χ1n) is 11.2. The molecule has 0 amide bonds. The number of halogens is 1. The number of allylic oxidation sites excluding steroid dienone is 1. The summed E-state index contributed by atoms with van der Waals surface area (Å²) in [6.45, 7) is 6.05. The Morgan fingerprint density at radius 3 is 2.45 bits per heavy atom. The van der Waals surface area contributed by atoms with Gasteiger partial charge >= 0.3 is 0 Å². The number of methoxy groups -OCH3 is 3. The van der Waals surface area contributed by atoms with E-state index in [9.17, 15) is 12.8 Å². The summed E-state index contributed by atoms with van der Waals surface area (Å²) < 4.78 is 60.1. The van der Waals surface area contributed by atoms with Crippen LogP contribution >= 0.6 is 0 Å². The molecule has 0 saturated heterocycles. The first kappa shape index (κ1) is 28.2. The third kappa shape index (κ3) is 6.32. The van der Waals surface area contributed by atoms with Crippen molar-refractivity contribution in [3.63, 3.8) is 0 Å². The molecule has 1 aromatic carbocycles. The van der Waals surface area contributed by atoms with Gasteiger partial charge in [0.15, 0.2) is 5.82 Å². The minimum absolute atomic E-state index is 0.0531. The molecule has 3 aromatic rings. The van der Waals surface area contributed by atoms with Crippen molar-refractivity contribution in [2.75, 3.05) is 26.1 Å². The van der Waals surface area contributed by atoms with Gasteiger partial charge in [-0.1, -0.05) is 6.07 Å². The third-order valence-corrected chi connectivity index (χ3v) is 6.99. The average Bonchev–Trinajstić information content (AvgIpc) is 3.32. The Kier molecular flexibility index (Phi) is 9.12. The number of sulfonamides is 1. The molecule has 1 N–H and O–H groups in total. The van der Waals surface area contributed by atoms with Crippen LogP contribution in [0, 0.1) is 0 Å². The van der Waals surface area contributed by atoms with Gasteiger partial charge in [-0.3, -0.25) is 9.29 Å². The lowest BCUT2D eigenvalue weighted by Crippen LogP contribution is -2.28. The summed E-state index contributed by atoms with van der Waals surface area (Å²) in [5.41, 5.74) is 0.895. The van der Waals surface area contributed by atoms with Crippen LogP contribution in [0.3, 0.4) is 0 Å². The molecule has 2 heterocycles. The first-order chi connectivity index (χ1) is 18.1. The molecule has 0 spiro atoms. The monoisotopic (exact) mass is 545 g/mol. The van der Waals surface area contributed by atoms with Gasteiger partial charge in [0.2, 0.25) is 21.9 Å². The number of anilines is 1. The Bertz CT molecular complexity index is 1440. The Morgan fingerprint density at radius 1 is 1.18 bits per heavy atom. The van der Waals surface area contributed by atoms with E-state index >= 15 is 0 Å². The van der Waals surface area contributed by atoms with Gasteiger partial charge in [-0.05, 0) is 38.8 Å². The predicted molar refractivity (Wildman–Crippen MR) is 143 cm³/mol.